The molecule has 0 aromatic rings. The summed E-state index contributed by atoms with van der Waals surface area (Å²) in [6.07, 6.45) is 4.04. The van der Waals surface area contributed by atoms with E-state index in [4.69, 9.17) is 0 Å². The third-order valence-electron chi connectivity index (χ3n) is 3.21. The second-order valence-electron chi connectivity index (χ2n) is 4.80. The summed E-state index contributed by atoms with van der Waals surface area (Å²) in [5.74, 6) is 0.777. The number of unbranched alkanes of at least 4 members (excludes halogenated alkanes) is 1. The van der Waals surface area contributed by atoms with Crippen molar-refractivity contribution in [3.8, 4) is 0 Å². The zero-order valence-electron chi connectivity index (χ0n) is 10.1. The summed E-state index contributed by atoms with van der Waals surface area (Å²) in [7, 11) is 0. The molecule has 0 aliphatic heterocycles. The largest absolute Gasteiger partial charge is 0.317 e. The zero-order valence-corrected chi connectivity index (χ0v) is 10.1. The average Bonchev–Trinajstić information content (AvgIpc) is 2.10. The van der Waals surface area contributed by atoms with Gasteiger partial charge in [-0.3, -0.25) is 0 Å². The predicted molar refractivity (Wildman–Crippen MR) is 61.0 cm³/mol. The van der Waals surface area contributed by atoms with Crippen LogP contribution in [0.5, 0.6) is 0 Å². The van der Waals surface area contributed by atoms with Crippen molar-refractivity contribution in [2.75, 3.05) is 13.1 Å². The predicted octanol–water partition coefficient (Wildman–Crippen LogP) is 3.45. The Morgan fingerprint density at radius 2 is 1.85 bits per heavy atom. The molecule has 0 spiro atoms. The molecule has 0 aromatic heterocycles. The van der Waals surface area contributed by atoms with E-state index in [0.717, 1.165) is 19.0 Å². The first-order valence-electron chi connectivity index (χ1n) is 5.75. The van der Waals surface area contributed by atoms with E-state index in [2.05, 4.69) is 39.9 Å². The van der Waals surface area contributed by atoms with Crippen LogP contribution in [0.3, 0.4) is 0 Å². The molecule has 1 N–H and O–H groups in total. The minimum atomic E-state index is 0.498. The first-order valence-corrected chi connectivity index (χ1v) is 5.75. The molecule has 0 aromatic carbocycles. The van der Waals surface area contributed by atoms with Gasteiger partial charge < -0.3 is 5.32 Å². The van der Waals surface area contributed by atoms with Crippen LogP contribution < -0.4 is 5.32 Å². The highest BCUT2D eigenvalue weighted by molar-refractivity contribution is 4.76. The molecule has 0 aliphatic rings. The van der Waals surface area contributed by atoms with Gasteiger partial charge in [0.15, 0.2) is 0 Å². The molecule has 0 saturated heterocycles. The van der Waals surface area contributed by atoms with Crippen molar-refractivity contribution in [2.45, 2.75) is 53.9 Å². The summed E-state index contributed by atoms with van der Waals surface area (Å²) in [6.45, 7) is 13.8. The number of hydrogen-bond acceptors (Lipinski definition) is 1. The molecule has 0 saturated carbocycles. The summed E-state index contributed by atoms with van der Waals surface area (Å²) in [4.78, 5) is 0. The Kier molecular flexibility index (Phi) is 6.40. The van der Waals surface area contributed by atoms with E-state index < -0.39 is 0 Å². The summed E-state index contributed by atoms with van der Waals surface area (Å²) >= 11 is 0. The Bertz CT molecular complexity index is 118. The van der Waals surface area contributed by atoms with Crippen molar-refractivity contribution >= 4 is 0 Å². The topological polar surface area (TPSA) is 12.0 Å². The van der Waals surface area contributed by atoms with E-state index in [1.807, 2.05) is 0 Å². The molecule has 13 heavy (non-hydrogen) atoms. The van der Waals surface area contributed by atoms with Gasteiger partial charge in [0, 0.05) is 0 Å². The lowest BCUT2D eigenvalue weighted by Gasteiger charge is -2.32. The number of rotatable bonds is 7. The fourth-order valence-electron chi connectivity index (χ4n) is 1.52. The highest BCUT2D eigenvalue weighted by atomic mass is 14.8. The van der Waals surface area contributed by atoms with Gasteiger partial charge in [0.1, 0.15) is 0 Å². The van der Waals surface area contributed by atoms with Crippen molar-refractivity contribution < 1.29 is 0 Å². The molecule has 0 aliphatic carbocycles. The van der Waals surface area contributed by atoms with Crippen molar-refractivity contribution in [1.29, 1.82) is 0 Å². The number of nitrogens with one attached hydrogen (secondary N) is 1. The van der Waals surface area contributed by atoms with E-state index in [0.29, 0.717) is 5.41 Å². The maximum absolute atomic E-state index is 3.43. The second-order valence-corrected chi connectivity index (χ2v) is 4.80. The van der Waals surface area contributed by atoms with Crippen LogP contribution in [0.15, 0.2) is 0 Å². The maximum atomic E-state index is 3.43. The summed E-state index contributed by atoms with van der Waals surface area (Å²) in [5.41, 5.74) is 0.498. The standard InChI is InChI=1S/C12H27N/c1-6-8-9-12(4,5)11(3)10-13-7-2/h11,13H,6-10H2,1-5H3. The van der Waals surface area contributed by atoms with Gasteiger partial charge in [-0.05, 0) is 30.8 Å². The monoisotopic (exact) mass is 185 g/mol. The third kappa shape index (κ3) is 5.30. The number of hydrogen-bond donors (Lipinski definition) is 1. The molecule has 0 heterocycles. The molecular formula is C12H27N. The summed E-state index contributed by atoms with van der Waals surface area (Å²) < 4.78 is 0. The van der Waals surface area contributed by atoms with Gasteiger partial charge in [0.25, 0.3) is 0 Å². The highest BCUT2D eigenvalue weighted by Gasteiger charge is 2.24. The second kappa shape index (κ2) is 6.42. The van der Waals surface area contributed by atoms with Crippen LogP contribution in [0.25, 0.3) is 0 Å². The normalized spacial score (nSPS) is 14.5. The van der Waals surface area contributed by atoms with Crippen LogP contribution in [0.4, 0.5) is 0 Å². The molecule has 1 unspecified atom stereocenters. The molecule has 0 rings (SSSR count). The van der Waals surface area contributed by atoms with Crippen LogP contribution >= 0.6 is 0 Å². The van der Waals surface area contributed by atoms with Gasteiger partial charge in [0.2, 0.25) is 0 Å². The molecule has 1 nitrogen and oxygen atoms in total. The van der Waals surface area contributed by atoms with E-state index in [1.54, 1.807) is 0 Å². The van der Waals surface area contributed by atoms with Gasteiger partial charge in [-0.25, -0.2) is 0 Å². The molecule has 1 heteroatoms. The quantitative estimate of drug-likeness (QED) is 0.640. The van der Waals surface area contributed by atoms with E-state index in [9.17, 15) is 0 Å². The minimum absolute atomic E-state index is 0.498. The van der Waals surface area contributed by atoms with Crippen LogP contribution in [-0.2, 0) is 0 Å². The lowest BCUT2D eigenvalue weighted by atomic mass is 9.76. The molecule has 0 bridgehead atoms. The van der Waals surface area contributed by atoms with E-state index >= 15 is 0 Å². The molecule has 0 fully saturated rings. The first-order chi connectivity index (χ1) is 6.04. The van der Waals surface area contributed by atoms with Crippen LogP contribution in [0.1, 0.15) is 53.9 Å². The highest BCUT2D eigenvalue weighted by Crippen LogP contribution is 2.31. The van der Waals surface area contributed by atoms with Crippen LogP contribution in [0, 0.1) is 11.3 Å². The van der Waals surface area contributed by atoms with Gasteiger partial charge in [0.05, 0.1) is 0 Å². The molecule has 1 atom stereocenters. The SMILES string of the molecule is CCCCC(C)(C)C(C)CNCC. The third-order valence-corrected chi connectivity index (χ3v) is 3.21. The molecule has 0 radical (unpaired) electrons. The molecule has 0 amide bonds. The Morgan fingerprint density at radius 1 is 1.23 bits per heavy atom. The van der Waals surface area contributed by atoms with Crippen molar-refractivity contribution in [2.24, 2.45) is 11.3 Å². The Balaban J connectivity index is 3.80. The lowest BCUT2D eigenvalue weighted by Crippen LogP contribution is -2.31. The smallest absolute Gasteiger partial charge is 0.00182 e. The average molecular weight is 185 g/mol. The van der Waals surface area contributed by atoms with Gasteiger partial charge in [-0.2, -0.15) is 0 Å². The Morgan fingerprint density at radius 3 is 2.31 bits per heavy atom. The van der Waals surface area contributed by atoms with Gasteiger partial charge >= 0.3 is 0 Å². The fourth-order valence-corrected chi connectivity index (χ4v) is 1.52. The van der Waals surface area contributed by atoms with Crippen molar-refractivity contribution in [1.82, 2.24) is 5.32 Å². The Hall–Kier alpha value is -0.0400. The fraction of sp³-hybridized carbons (Fsp3) is 1.00. The Labute approximate surface area is 84.3 Å². The van der Waals surface area contributed by atoms with E-state index in [-0.39, 0.29) is 0 Å². The minimum Gasteiger partial charge on any atom is -0.317 e. The first kappa shape index (κ1) is 13.0. The van der Waals surface area contributed by atoms with E-state index in [1.165, 1.54) is 19.3 Å². The van der Waals surface area contributed by atoms with Crippen molar-refractivity contribution in [3.05, 3.63) is 0 Å². The van der Waals surface area contributed by atoms with Crippen LogP contribution in [0.2, 0.25) is 0 Å². The van der Waals surface area contributed by atoms with Crippen molar-refractivity contribution in [3.63, 3.8) is 0 Å². The maximum Gasteiger partial charge on any atom is -0.00182 e. The van der Waals surface area contributed by atoms with Gasteiger partial charge in [-0.1, -0.05) is 47.5 Å². The van der Waals surface area contributed by atoms with Gasteiger partial charge in [-0.15, -0.1) is 0 Å². The zero-order chi connectivity index (χ0) is 10.3. The van der Waals surface area contributed by atoms with Crippen LogP contribution in [-0.4, -0.2) is 13.1 Å². The molecule has 80 valence electrons. The molecular weight excluding hydrogens is 158 g/mol. The summed E-state index contributed by atoms with van der Waals surface area (Å²) in [5, 5.41) is 3.43. The summed E-state index contributed by atoms with van der Waals surface area (Å²) in [6, 6.07) is 0. The lowest BCUT2D eigenvalue weighted by molar-refractivity contribution is 0.202.